The molecule has 3 heterocycles. The van der Waals surface area contributed by atoms with Crippen molar-refractivity contribution in [3.05, 3.63) is 45.6 Å². The summed E-state index contributed by atoms with van der Waals surface area (Å²) >= 11 is 8.27. The van der Waals surface area contributed by atoms with Crippen molar-refractivity contribution in [3.8, 4) is 0 Å². The predicted molar refractivity (Wildman–Crippen MR) is 175 cm³/mol. The number of cyclic esters (lactones) is 1. The van der Waals surface area contributed by atoms with Gasteiger partial charge in [-0.15, -0.1) is 11.3 Å². The van der Waals surface area contributed by atoms with Crippen LogP contribution in [0.4, 0.5) is 16.2 Å². The van der Waals surface area contributed by atoms with E-state index in [2.05, 4.69) is 0 Å². The maximum Gasteiger partial charge on any atom is 0.414 e. The Hall–Kier alpha value is -3.01. The maximum atomic E-state index is 13.4. The summed E-state index contributed by atoms with van der Waals surface area (Å²) in [7, 11) is 0. The lowest BCUT2D eigenvalue weighted by Crippen LogP contribution is -2.43. The lowest BCUT2D eigenvalue weighted by atomic mass is 10.1. The molecule has 2 aliphatic rings. The number of thioether (sulfide) groups is 1. The maximum absolute atomic E-state index is 13.4. The van der Waals surface area contributed by atoms with Gasteiger partial charge in [0.15, 0.2) is 0 Å². The van der Waals surface area contributed by atoms with Crippen molar-refractivity contribution < 1.29 is 33.4 Å². The van der Waals surface area contributed by atoms with Crippen LogP contribution in [0.5, 0.6) is 0 Å². The van der Waals surface area contributed by atoms with Crippen LogP contribution in [-0.2, 0) is 23.9 Å². The summed E-state index contributed by atoms with van der Waals surface area (Å²) < 4.78 is 11.2. The van der Waals surface area contributed by atoms with Crippen LogP contribution in [0.1, 0.15) is 48.2 Å². The third-order valence-corrected chi connectivity index (χ3v) is 9.65. The number of amides is 4. The van der Waals surface area contributed by atoms with Gasteiger partial charge in [-0.2, -0.15) is 0 Å². The summed E-state index contributed by atoms with van der Waals surface area (Å²) in [6.45, 7) is 1.48. The number of unbranched alkanes of at least 4 members (excludes halogenated alkanes) is 2. The molecule has 244 valence electrons. The Balaban J connectivity index is 1.33. The topological polar surface area (TPSA) is 166 Å². The van der Waals surface area contributed by atoms with E-state index in [0.29, 0.717) is 65.3 Å². The van der Waals surface area contributed by atoms with E-state index < -0.39 is 30.1 Å². The van der Waals surface area contributed by atoms with Gasteiger partial charge in [-0.25, -0.2) is 4.79 Å². The fourth-order valence-electron chi connectivity index (χ4n) is 4.91. The van der Waals surface area contributed by atoms with Crippen LogP contribution in [0.15, 0.2) is 36.4 Å². The minimum atomic E-state index is -0.754. The fourth-order valence-corrected chi connectivity index (χ4v) is 6.79. The van der Waals surface area contributed by atoms with E-state index in [1.807, 2.05) is 0 Å². The second-order valence-electron chi connectivity index (χ2n) is 10.7. The van der Waals surface area contributed by atoms with Crippen LogP contribution in [0, 0.1) is 0 Å². The summed E-state index contributed by atoms with van der Waals surface area (Å²) in [5.41, 5.74) is 12.7. The van der Waals surface area contributed by atoms with Crippen LogP contribution in [0.3, 0.4) is 0 Å². The third kappa shape index (κ3) is 9.74. The normalized spacial score (nSPS) is 17.4. The van der Waals surface area contributed by atoms with Gasteiger partial charge in [-0.05, 0) is 68.6 Å². The van der Waals surface area contributed by atoms with Gasteiger partial charge in [0.25, 0.3) is 11.8 Å². The molecule has 1 aromatic carbocycles. The molecule has 2 saturated heterocycles. The van der Waals surface area contributed by atoms with E-state index in [4.69, 9.17) is 32.5 Å². The highest BCUT2D eigenvalue weighted by Crippen LogP contribution is 2.28. The van der Waals surface area contributed by atoms with Crippen molar-refractivity contribution in [2.45, 2.75) is 50.7 Å². The number of imide groups is 1. The number of carbonyl (C=O) groups is 5. The second-order valence-corrected chi connectivity index (χ2v) is 13.5. The third-order valence-electron chi connectivity index (χ3n) is 7.35. The second kappa shape index (κ2) is 17.1. The first-order valence-electron chi connectivity index (χ1n) is 14.9. The average molecular weight is 680 g/mol. The Kier molecular flexibility index (Phi) is 13.2. The molecule has 0 unspecified atom stereocenters. The minimum absolute atomic E-state index is 0.0246. The number of morpholine rings is 1. The number of thiophene rings is 1. The summed E-state index contributed by atoms with van der Waals surface area (Å²) in [4.78, 5) is 68.4. The average Bonchev–Trinajstić information content (AvgIpc) is 3.64. The molecule has 4 rings (SSSR count). The number of anilines is 2. The number of halogens is 1. The Morgan fingerprint density at radius 3 is 2.44 bits per heavy atom. The van der Waals surface area contributed by atoms with Crippen molar-refractivity contribution in [1.82, 2.24) is 4.90 Å². The molecule has 0 spiro atoms. The van der Waals surface area contributed by atoms with Crippen molar-refractivity contribution >= 4 is 75.0 Å². The summed E-state index contributed by atoms with van der Waals surface area (Å²) in [6, 6.07) is 9.55. The molecule has 45 heavy (non-hydrogen) atoms. The zero-order valence-electron chi connectivity index (χ0n) is 24.9. The molecule has 4 N–H and O–H groups in total. The van der Waals surface area contributed by atoms with Crippen molar-refractivity contribution in [1.29, 1.82) is 0 Å². The number of carbonyl (C=O) groups excluding carboxylic acids is 5. The quantitative estimate of drug-likeness (QED) is 0.266. The molecule has 0 saturated carbocycles. The molecule has 4 amide bonds. The van der Waals surface area contributed by atoms with Gasteiger partial charge in [-0.1, -0.05) is 29.8 Å². The zero-order valence-corrected chi connectivity index (χ0v) is 27.2. The number of benzene rings is 1. The first-order valence-corrected chi connectivity index (χ1v) is 17.0. The van der Waals surface area contributed by atoms with E-state index >= 15 is 0 Å². The van der Waals surface area contributed by atoms with Gasteiger partial charge in [0.2, 0.25) is 11.0 Å². The molecule has 0 radical (unpaired) electrons. The number of rotatable bonds is 15. The van der Waals surface area contributed by atoms with Gasteiger partial charge in [0, 0.05) is 30.1 Å². The molecular weight excluding hydrogens is 642 g/mol. The molecule has 15 heteroatoms. The molecule has 2 aliphatic heterocycles. The van der Waals surface area contributed by atoms with Crippen molar-refractivity contribution in [2.75, 3.05) is 54.9 Å². The Morgan fingerprint density at radius 1 is 1.04 bits per heavy atom. The Morgan fingerprint density at radius 2 is 1.78 bits per heavy atom. The number of ether oxygens (including phenoxy) is 2. The smallest absolute Gasteiger partial charge is 0.414 e. The van der Waals surface area contributed by atoms with Crippen LogP contribution in [-0.4, -0.2) is 91.1 Å². The monoisotopic (exact) mass is 679 g/mol. The summed E-state index contributed by atoms with van der Waals surface area (Å²) in [6.07, 6.45) is 1.99. The number of hydrogen-bond donors (Lipinski definition) is 2. The molecular formula is C30H38ClN5O7S2. The van der Waals surface area contributed by atoms with Gasteiger partial charge in [-0.3, -0.25) is 29.0 Å². The summed E-state index contributed by atoms with van der Waals surface area (Å²) in [5, 5.41) is -0.0819. The van der Waals surface area contributed by atoms with Gasteiger partial charge in [0.1, 0.15) is 12.7 Å². The van der Waals surface area contributed by atoms with Crippen LogP contribution in [0.25, 0.3) is 0 Å². The zero-order chi connectivity index (χ0) is 32.3. The van der Waals surface area contributed by atoms with Crippen LogP contribution in [0.2, 0.25) is 4.34 Å². The van der Waals surface area contributed by atoms with Gasteiger partial charge < -0.3 is 25.8 Å². The van der Waals surface area contributed by atoms with E-state index in [1.165, 1.54) is 4.90 Å². The summed E-state index contributed by atoms with van der Waals surface area (Å²) in [5.74, 6) is -0.548. The SMILES string of the molecule is NCCCC[C@H](N)C(=O)SCCCCC(=O)N(C[C@H]1CN(c2ccc(N3CCOCC3=O)cc2)C(=O)O1)C(=O)c1ccc(Cl)s1. The molecule has 2 aromatic rings. The fraction of sp³-hybridized carbons (Fsp3) is 0.500. The number of nitrogens with zero attached hydrogens (tertiary/aromatic N) is 3. The molecule has 0 bridgehead atoms. The van der Waals surface area contributed by atoms with Crippen molar-refractivity contribution in [3.63, 3.8) is 0 Å². The lowest BCUT2D eigenvalue weighted by molar-refractivity contribution is -0.129. The van der Waals surface area contributed by atoms with E-state index in [1.54, 1.807) is 41.3 Å². The Labute approximate surface area is 275 Å². The lowest BCUT2D eigenvalue weighted by Gasteiger charge is -2.27. The number of hydrogen-bond acceptors (Lipinski definition) is 11. The van der Waals surface area contributed by atoms with E-state index in [0.717, 1.165) is 40.8 Å². The highest BCUT2D eigenvalue weighted by atomic mass is 35.5. The highest BCUT2D eigenvalue weighted by molar-refractivity contribution is 8.13. The first-order chi connectivity index (χ1) is 21.7. The standard InChI is InChI=1S/C30H38ClN5O7S2/c31-25-12-11-24(45-25)28(39)36(26(37)6-2-4-16-44-29(40)23(33)5-1-3-13-32)18-22-17-35(30(41)43-22)21-9-7-20(8-10-21)34-14-15-42-19-27(34)38/h7-12,22-23H,1-6,13-19,32-33H2/t22-,23+/m1/s1. The van der Waals surface area contributed by atoms with Gasteiger partial charge >= 0.3 is 6.09 Å². The van der Waals surface area contributed by atoms with Crippen LogP contribution >= 0.6 is 34.7 Å². The van der Waals surface area contributed by atoms with E-state index in [-0.39, 0.29) is 37.1 Å². The number of nitrogens with two attached hydrogens (primary N) is 2. The first kappa shape index (κ1) is 34.9. The molecule has 1 aromatic heterocycles. The molecule has 0 aliphatic carbocycles. The van der Waals surface area contributed by atoms with Crippen LogP contribution < -0.4 is 21.3 Å². The molecule has 12 nitrogen and oxygen atoms in total. The predicted octanol–water partition coefficient (Wildman–Crippen LogP) is 3.65. The van der Waals surface area contributed by atoms with Crippen molar-refractivity contribution in [2.24, 2.45) is 11.5 Å². The molecule has 2 atom stereocenters. The Bertz CT molecular complexity index is 1360. The molecule has 2 fully saturated rings. The largest absolute Gasteiger partial charge is 0.442 e. The van der Waals surface area contributed by atoms with Gasteiger partial charge in [0.05, 0.1) is 35.0 Å². The highest BCUT2D eigenvalue weighted by Gasteiger charge is 2.36. The van der Waals surface area contributed by atoms with E-state index in [9.17, 15) is 24.0 Å². The minimum Gasteiger partial charge on any atom is -0.442 e.